The van der Waals surface area contributed by atoms with Gasteiger partial charge in [-0.15, -0.1) is 0 Å². The molecule has 24 heavy (non-hydrogen) atoms. The molecule has 1 saturated heterocycles. The molecular weight excluding hydrogens is 300 g/mol. The maximum absolute atomic E-state index is 11.9. The van der Waals surface area contributed by atoms with Crippen LogP contribution in [0.1, 0.15) is 44.2 Å². The molecule has 1 fully saturated rings. The lowest BCUT2D eigenvalue weighted by atomic mass is 10.0. The first-order valence-corrected chi connectivity index (χ1v) is 9.15. The fourth-order valence-corrected chi connectivity index (χ4v) is 3.32. The van der Waals surface area contributed by atoms with Gasteiger partial charge in [0.25, 0.3) is 0 Å². The molecule has 1 amide bonds. The van der Waals surface area contributed by atoms with E-state index in [1.807, 2.05) is 0 Å². The Bertz CT molecular complexity index is 499. The number of carbonyl (C=O) groups is 1. The van der Waals surface area contributed by atoms with Crippen LogP contribution in [-0.2, 0) is 22.5 Å². The molecule has 0 bridgehead atoms. The second-order valence-corrected chi connectivity index (χ2v) is 7.30. The highest BCUT2D eigenvalue weighted by atomic mass is 16.5. The van der Waals surface area contributed by atoms with Crippen molar-refractivity contribution in [2.75, 3.05) is 26.8 Å². The van der Waals surface area contributed by atoms with Crippen LogP contribution in [0.2, 0.25) is 0 Å². The number of hydrogen-bond donors (Lipinski definition) is 1. The number of benzene rings is 1. The average Bonchev–Trinajstić information content (AvgIpc) is 2.55. The first kappa shape index (κ1) is 18.9. The molecule has 1 aromatic carbocycles. The van der Waals surface area contributed by atoms with Gasteiger partial charge in [-0.2, -0.15) is 0 Å². The molecule has 1 N–H and O–H groups in total. The number of ether oxygens (including phenoxy) is 1. The van der Waals surface area contributed by atoms with Crippen LogP contribution in [0, 0.1) is 5.92 Å². The molecule has 0 spiro atoms. The van der Waals surface area contributed by atoms with Crippen molar-refractivity contribution in [3.05, 3.63) is 35.4 Å². The van der Waals surface area contributed by atoms with Crippen LogP contribution in [-0.4, -0.2) is 43.7 Å². The predicted molar refractivity (Wildman–Crippen MR) is 97.9 cm³/mol. The third-order valence-electron chi connectivity index (χ3n) is 4.48. The number of hydrogen-bond acceptors (Lipinski definition) is 3. The summed E-state index contributed by atoms with van der Waals surface area (Å²) in [5, 5.41) is 3.14. The summed E-state index contributed by atoms with van der Waals surface area (Å²) in [4.78, 5) is 14.3. The van der Waals surface area contributed by atoms with Gasteiger partial charge in [0.15, 0.2) is 0 Å². The highest BCUT2D eigenvalue weighted by Crippen LogP contribution is 2.15. The number of rotatable bonds is 8. The number of nitrogens with one attached hydrogen (secondary N) is 1. The lowest BCUT2D eigenvalue weighted by Crippen LogP contribution is -2.47. The minimum atomic E-state index is 0.0988. The number of likely N-dealkylation sites (tertiary alicyclic amines) is 1. The molecule has 0 radical (unpaired) electrons. The fraction of sp³-hybridized carbons (Fsp3) is 0.650. The maximum atomic E-state index is 11.9. The summed E-state index contributed by atoms with van der Waals surface area (Å²) in [5.41, 5.74) is 2.77. The SMILES string of the molecule is COCCC(=O)N[C@@H]1CCCN(Cc2ccc(CC(C)C)cc2)C1. The average molecular weight is 332 g/mol. The van der Waals surface area contributed by atoms with E-state index in [0.717, 1.165) is 38.9 Å². The molecule has 1 atom stereocenters. The Morgan fingerprint density at radius 1 is 1.29 bits per heavy atom. The van der Waals surface area contributed by atoms with Gasteiger partial charge in [0, 0.05) is 32.7 Å². The molecule has 0 saturated carbocycles. The van der Waals surface area contributed by atoms with Crippen molar-refractivity contribution in [1.29, 1.82) is 0 Å². The van der Waals surface area contributed by atoms with E-state index >= 15 is 0 Å². The summed E-state index contributed by atoms with van der Waals surface area (Å²) in [5.74, 6) is 0.794. The Morgan fingerprint density at radius 3 is 2.67 bits per heavy atom. The third-order valence-corrected chi connectivity index (χ3v) is 4.48. The van der Waals surface area contributed by atoms with Gasteiger partial charge in [-0.25, -0.2) is 0 Å². The molecule has 1 heterocycles. The summed E-state index contributed by atoms with van der Waals surface area (Å²) in [6.07, 6.45) is 3.80. The van der Waals surface area contributed by atoms with Crippen molar-refractivity contribution >= 4 is 5.91 Å². The Hall–Kier alpha value is -1.39. The van der Waals surface area contributed by atoms with Crippen LogP contribution < -0.4 is 5.32 Å². The van der Waals surface area contributed by atoms with Crippen molar-refractivity contribution in [2.45, 2.75) is 52.1 Å². The van der Waals surface area contributed by atoms with Gasteiger partial charge in [0.1, 0.15) is 0 Å². The van der Waals surface area contributed by atoms with Crippen LogP contribution >= 0.6 is 0 Å². The number of methoxy groups -OCH3 is 1. The highest BCUT2D eigenvalue weighted by Gasteiger charge is 2.21. The lowest BCUT2D eigenvalue weighted by molar-refractivity contribution is -0.123. The monoisotopic (exact) mass is 332 g/mol. The minimum Gasteiger partial charge on any atom is -0.384 e. The van der Waals surface area contributed by atoms with Crippen molar-refractivity contribution in [1.82, 2.24) is 10.2 Å². The topological polar surface area (TPSA) is 41.6 Å². The smallest absolute Gasteiger partial charge is 0.222 e. The minimum absolute atomic E-state index is 0.0988. The molecule has 134 valence electrons. The quantitative estimate of drug-likeness (QED) is 0.796. The maximum Gasteiger partial charge on any atom is 0.222 e. The zero-order valence-electron chi connectivity index (χ0n) is 15.4. The van der Waals surface area contributed by atoms with Gasteiger partial charge in [0.2, 0.25) is 5.91 Å². The molecule has 0 aliphatic carbocycles. The first-order valence-electron chi connectivity index (χ1n) is 9.15. The first-order chi connectivity index (χ1) is 11.6. The molecular formula is C20H32N2O2. The molecule has 1 aromatic rings. The highest BCUT2D eigenvalue weighted by molar-refractivity contribution is 5.76. The molecule has 2 rings (SSSR count). The molecule has 1 aliphatic heterocycles. The molecule has 4 nitrogen and oxygen atoms in total. The van der Waals surface area contributed by atoms with E-state index in [-0.39, 0.29) is 11.9 Å². The summed E-state index contributed by atoms with van der Waals surface area (Å²) in [6, 6.07) is 9.27. The number of nitrogens with zero attached hydrogens (tertiary/aromatic N) is 1. The largest absolute Gasteiger partial charge is 0.384 e. The Balaban J connectivity index is 1.80. The molecule has 4 heteroatoms. The summed E-state index contributed by atoms with van der Waals surface area (Å²) < 4.78 is 4.96. The number of amides is 1. The Labute approximate surface area is 146 Å². The van der Waals surface area contributed by atoms with Crippen molar-refractivity contribution in [3.8, 4) is 0 Å². The second-order valence-electron chi connectivity index (χ2n) is 7.30. The second kappa shape index (κ2) is 9.80. The van der Waals surface area contributed by atoms with Crippen molar-refractivity contribution in [2.24, 2.45) is 5.92 Å². The van der Waals surface area contributed by atoms with Gasteiger partial charge >= 0.3 is 0 Å². The van der Waals surface area contributed by atoms with Gasteiger partial charge < -0.3 is 10.1 Å². The van der Waals surface area contributed by atoms with Gasteiger partial charge in [-0.1, -0.05) is 38.1 Å². The van der Waals surface area contributed by atoms with Crippen molar-refractivity contribution < 1.29 is 9.53 Å². The standard InChI is InChI=1S/C20H32N2O2/c1-16(2)13-17-6-8-18(9-7-17)14-22-11-4-5-19(15-22)21-20(23)10-12-24-3/h6-9,16,19H,4-5,10-15H2,1-3H3,(H,21,23)/t19-/m1/s1. The Kier molecular flexibility index (Phi) is 7.73. The zero-order valence-corrected chi connectivity index (χ0v) is 15.4. The summed E-state index contributed by atoms with van der Waals surface area (Å²) in [7, 11) is 1.63. The van der Waals surface area contributed by atoms with Crippen LogP contribution in [0.25, 0.3) is 0 Å². The number of carbonyl (C=O) groups excluding carboxylic acids is 1. The summed E-state index contributed by atoms with van der Waals surface area (Å²) >= 11 is 0. The van der Waals surface area contributed by atoms with Gasteiger partial charge in [-0.05, 0) is 42.9 Å². The normalized spacial score (nSPS) is 18.8. The van der Waals surface area contributed by atoms with Crippen LogP contribution in [0.3, 0.4) is 0 Å². The van der Waals surface area contributed by atoms with Crippen LogP contribution in [0.4, 0.5) is 0 Å². The third kappa shape index (κ3) is 6.62. The lowest BCUT2D eigenvalue weighted by Gasteiger charge is -2.33. The van der Waals surface area contributed by atoms with E-state index in [4.69, 9.17) is 4.74 Å². The van der Waals surface area contributed by atoms with Gasteiger partial charge in [0.05, 0.1) is 6.61 Å². The zero-order chi connectivity index (χ0) is 17.4. The van der Waals surface area contributed by atoms with Gasteiger partial charge in [-0.3, -0.25) is 9.69 Å². The van der Waals surface area contributed by atoms with E-state index in [2.05, 4.69) is 48.3 Å². The van der Waals surface area contributed by atoms with E-state index < -0.39 is 0 Å². The van der Waals surface area contributed by atoms with Crippen molar-refractivity contribution in [3.63, 3.8) is 0 Å². The Morgan fingerprint density at radius 2 is 2.00 bits per heavy atom. The molecule has 0 unspecified atom stereocenters. The van der Waals surface area contributed by atoms with Crippen LogP contribution in [0.15, 0.2) is 24.3 Å². The van der Waals surface area contributed by atoms with Crippen LogP contribution in [0.5, 0.6) is 0 Å². The molecule has 0 aromatic heterocycles. The molecule has 1 aliphatic rings. The predicted octanol–water partition coefficient (Wildman–Crippen LogP) is 3.00. The van der Waals surface area contributed by atoms with E-state index in [1.54, 1.807) is 7.11 Å². The van der Waals surface area contributed by atoms with E-state index in [9.17, 15) is 4.79 Å². The summed E-state index contributed by atoms with van der Waals surface area (Å²) in [6.45, 7) is 8.01. The van der Waals surface area contributed by atoms with E-state index in [1.165, 1.54) is 11.1 Å². The number of piperidine rings is 1. The fourth-order valence-electron chi connectivity index (χ4n) is 3.32. The van der Waals surface area contributed by atoms with E-state index in [0.29, 0.717) is 18.9 Å².